The van der Waals surface area contributed by atoms with Gasteiger partial charge in [-0.1, -0.05) is 28.1 Å². The Morgan fingerprint density at radius 2 is 1.79 bits per heavy atom. The first-order valence-electron chi connectivity index (χ1n) is 6.13. The number of likely N-dealkylation sites (N-methyl/N-ethyl adjacent to an activating group) is 1. The van der Waals surface area contributed by atoms with Crippen molar-refractivity contribution in [1.29, 1.82) is 0 Å². The van der Waals surface area contributed by atoms with Crippen LogP contribution in [0, 0.1) is 0 Å². The van der Waals surface area contributed by atoms with Crippen LogP contribution in [0.2, 0.25) is 0 Å². The van der Waals surface area contributed by atoms with E-state index < -0.39 is 0 Å². The van der Waals surface area contributed by atoms with Crippen molar-refractivity contribution in [1.82, 2.24) is 15.1 Å². The molecule has 0 aliphatic rings. The van der Waals surface area contributed by atoms with Gasteiger partial charge in [-0.3, -0.25) is 0 Å². The van der Waals surface area contributed by atoms with E-state index in [-0.39, 0.29) is 0 Å². The van der Waals surface area contributed by atoms with Gasteiger partial charge < -0.3 is 10.2 Å². The highest BCUT2D eigenvalue weighted by Gasteiger charge is 2.01. The number of nitrogens with one attached hydrogen (secondary N) is 1. The fraction of sp³-hybridized carbons (Fsp3) is 0.286. The lowest BCUT2D eigenvalue weighted by atomic mass is 10.1. The van der Waals surface area contributed by atoms with Gasteiger partial charge in [0, 0.05) is 23.1 Å². The first kappa shape index (κ1) is 14.0. The number of hydrogen-bond acceptors (Lipinski definition) is 4. The van der Waals surface area contributed by atoms with E-state index in [1.54, 1.807) is 0 Å². The molecule has 0 spiro atoms. The maximum absolute atomic E-state index is 4.23. The molecule has 19 heavy (non-hydrogen) atoms. The Morgan fingerprint density at radius 1 is 1.05 bits per heavy atom. The van der Waals surface area contributed by atoms with Crippen molar-refractivity contribution in [2.45, 2.75) is 0 Å². The summed E-state index contributed by atoms with van der Waals surface area (Å²) in [5.74, 6) is 0.808. The molecule has 1 N–H and O–H groups in total. The first-order chi connectivity index (χ1) is 9.15. The molecule has 0 aliphatic carbocycles. The Kier molecular flexibility index (Phi) is 4.87. The molecule has 1 heterocycles. The summed E-state index contributed by atoms with van der Waals surface area (Å²) < 4.78 is 1.06. The molecule has 2 rings (SSSR count). The van der Waals surface area contributed by atoms with E-state index in [9.17, 15) is 0 Å². The summed E-state index contributed by atoms with van der Waals surface area (Å²) in [6.45, 7) is 1.83. The summed E-state index contributed by atoms with van der Waals surface area (Å²) >= 11 is 3.42. The molecule has 0 unspecified atom stereocenters. The zero-order chi connectivity index (χ0) is 13.7. The van der Waals surface area contributed by atoms with Crippen molar-refractivity contribution < 1.29 is 0 Å². The lowest BCUT2D eigenvalue weighted by molar-refractivity contribution is 0.425. The molecule has 1 aromatic carbocycles. The number of hydrogen-bond donors (Lipinski definition) is 1. The van der Waals surface area contributed by atoms with E-state index in [0.717, 1.165) is 34.6 Å². The number of halogens is 1. The molecule has 0 aliphatic heterocycles. The summed E-state index contributed by atoms with van der Waals surface area (Å²) in [6, 6.07) is 12.0. The number of aromatic nitrogens is 2. The third-order valence-electron chi connectivity index (χ3n) is 2.67. The quantitative estimate of drug-likeness (QED) is 0.919. The van der Waals surface area contributed by atoms with Gasteiger partial charge in [-0.15, -0.1) is 10.2 Å². The van der Waals surface area contributed by atoms with Crippen molar-refractivity contribution in [3.63, 3.8) is 0 Å². The monoisotopic (exact) mass is 320 g/mol. The normalized spacial score (nSPS) is 10.7. The largest absolute Gasteiger partial charge is 0.367 e. The first-order valence-corrected chi connectivity index (χ1v) is 6.93. The van der Waals surface area contributed by atoms with Crippen LogP contribution in [0.25, 0.3) is 11.3 Å². The smallest absolute Gasteiger partial charge is 0.148 e. The Hall–Kier alpha value is -1.46. The minimum absolute atomic E-state index is 0.808. The fourth-order valence-electron chi connectivity index (χ4n) is 1.61. The second-order valence-electron chi connectivity index (χ2n) is 4.54. The molecular formula is C14H17BrN4. The average Bonchev–Trinajstić information content (AvgIpc) is 2.40. The molecule has 4 nitrogen and oxygen atoms in total. The second kappa shape index (κ2) is 6.63. The fourth-order valence-corrected chi connectivity index (χ4v) is 1.87. The molecule has 1 aromatic heterocycles. The van der Waals surface area contributed by atoms with Crippen molar-refractivity contribution in [3.8, 4) is 11.3 Å². The highest BCUT2D eigenvalue weighted by molar-refractivity contribution is 9.10. The Labute approximate surface area is 122 Å². The summed E-state index contributed by atoms with van der Waals surface area (Å²) in [5, 5.41) is 11.7. The van der Waals surface area contributed by atoms with Gasteiger partial charge in [-0.05, 0) is 38.4 Å². The van der Waals surface area contributed by atoms with Crippen molar-refractivity contribution >= 4 is 21.7 Å². The summed E-state index contributed by atoms with van der Waals surface area (Å²) in [6.07, 6.45) is 0. The van der Waals surface area contributed by atoms with Crippen LogP contribution in [0.1, 0.15) is 0 Å². The van der Waals surface area contributed by atoms with Crippen LogP contribution in [0.5, 0.6) is 0 Å². The van der Waals surface area contributed by atoms with Gasteiger partial charge in [0.05, 0.1) is 5.69 Å². The average molecular weight is 321 g/mol. The Morgan fingerprint density at radius 3 is 2.37 bits per heavy atom. The van der Waals surface area contributed by atoms with E-state index in [1.807, 2.05) is 50.5 Å². The lowest BCUT2D eigenvalue weighted by Gasteiger charge is -2.10. The van der Waals surface area contributed by atoms with Crippen molar-refractivity contribution in [3.05, 3.63) is 40.9 Å². The van der Waals surface area contributed by atoms with Crippen molar-refractivity contribution in [2.24, 2.45) is 0 Å². The van der Waals surface area contributed by atoms with E-state index in [1.165, 1.54) is 0 Å². The zero-order valence-corrected chi connectivity index (χ0v) is 12.7. The SMILES string of the molecule is CN(C)CCNc1ccc(-c2ccc(Br)cc2)nn1. The molecule has 0 bridgehead atoms. The Balaban J connectivity index is 2.00. The number of benzene rings is 1. The van der Waals surface area contributed by atoms with Gasteiger partial charge in [-0.25, -0.2) is 0 Å². The second-order valence-corrected chi connectivity index (χ2v) is 5.46. The third-order valence-corrected chi connectivity index (χ3v) is 3.20. The molecule has 0 saturated carbocycles. The van der Waals surface area contributed by atoms with Gasteiger partial charge in [0.1, 0.15) is 5.82 Å². The molecular weight excluding hydrogens is 304 g/mol. The van der Waals surface area contributed by atoms with Crippen LogP contribution >= 0.6 is 15.9 Å². The summed E-state index contributed by atoms with van der Waals surface area (Å²) in [5.41, 5.74) is 1.95. The highest BCUT2D eigenvalue weighted by Crippen LogP contribution is 2.19. The van der Waals surface area contributed by atoms with E-state index in [2.05, 4.69) is 36.3 Å². The number of anilines is 1. The zero-order valence-electron chi connectivity index (χ0n) is 11.1. The maximum atomic E-state index is 4.23. The molecule has 0 saturated heterocycles. The standard InChI is InChI=1S/C14H17BrN4/c1-19(2)10-9-16-14-8-7-13(17-18-14)11-3-5-12(15)6-4-11/h3-8H,9-10H2,1-2H3,(H,16,18). The van der Waals surface area contributed by atoms with Crippen LogP contribution in [0.3, 0.4) is 0 Å². The van der Waals surface area contributed by atoms with Gasteiger partial charge in [0.25, 0.3) is 0 Å². The minimum atomic E-state index is 0.808. The van der Waals surface area contributed by atoms with Crippen LogP contribution < -0.4 is 5.32 Å². The van der Waals surface area contributed by atoms with Crippen LogP contribution in [-0.2, 0) is 0 Å². The molecule has 0 atom stereocenters. The number of rotatable bonds is 5. The molecule has 2 aromatic rings. The molecule has 5 heteroatoms. The number of nitrogens with zero attached hydrogens (tertiary/aromatic N) is 3. The van der Waals surface area contributed by atoms with Gasteiger partial charge >= 0.3 is 0 Å². The summed E-state index contributed by atoms with van der Waals surface area (Å²) in [7, 11) is 4.09. The third kappa shape index (κ3) is 4.29. The summed E-state index contributed by atoms with van der Waals surface area (Å²) in [4.78, 5) is 2.12. The van der Waals surface area contributed by atoms with Gasteiger partial charge in [0.15, 0.2) is 0 Å². The molecule has 0 radical (unpaired) electrons. The molecule has 100 valence electrons. The maximum Gasteiger partial charge on any atom is 0.148 e. The molecule has 0 fully saturated rings. The van der Waals surface area contributed by atoms with E-state index in [4.69, 9.17) is 0 Å². The Bertz CT molecular complexity index is 508. The highest BCUT2D eigenvalue weighted by atomic mass is 79.9. The van der Waals surface area contributed by atoms with E-state index in [0.29, 0.717) is 0 Å². The molecule has 0 amide bonds. The van der Waals surface area contributed by atoms with Gasteiger partial charge in [-0.2, -0.15) is 0 Å². The lowest BCUT2D eigenvalue weighted by Crippen LogP contribution is -2.21. The van der Waals surface area contributed by atoms with Crippen LogP contribution in [0.4, 0.5) is 5.82 Å². The van der Waals surface area contributed by atoms with Crippen LogP contribution in [-0.4, -0.2) is 42.3 Å². The van der Waals surface area contributed by atoms with Crippen LogP contribution in [0.15, 0.2) is 40.9 Å². The topological polar surface area (TPSA) is 41.0 Å². The van der Waals surface area contributed by atoms with Crippen molar-refractivity contribution in [2.75, 3.05) is 32.5 Å². The van der Waals surface area contributed by atoms with Gasteiger partial charge in [0.2, 0.25) is 0 Å². The predicted octanol–water partition coefficient (Wildman–Crippen LogP) is 2.88. The predicted molar refractivity (Wildman–Crippen MR) is 82.2 cm³/mol. The minimum Gasteiger partial charge on any atom is -0.367 e. The van der Waals surface area contributed by atoms with E-state index >= 15 is 0 Å².